The Labute approximate surface area is 162 Å². The van der Waals surface area contributed by atoms with Gasteiger partial charge >= 0.3 is 0 Å². The zero-order chi connectivity index (χ0) is 16.2. The van der Waals surface area contributed by atoms with Crippen LogP contribution in [0.25, 0.3) is 0 Å². The third-order valence-electron chi connectivity index (χ3n) is 3.31. The molecule has 1 unspecified atom stereocenters. The zero-order valence-electron chi connectivity index (χ0n) is 14.9. The van der Waals surface area contributed by atoms with Crippen molar-refractivity contribution in [2.45, 2.75) is 52.5 Å². The fourth-order valence-corrected chi connectivity index (χ4v) is 3.25. The van der Waals surface area contributed by atoms with Crippen LogP contribution in [0.3, 0.4) is 0 Å². The number of ether oxygens (including phenoxy) is 1. The molecule has 1 heterocycles. The number of hydrogen-bond donors (Lipinski definition) is 2. The number of thiophene rings is 1. The fourth-order valence-electron chi connectivity index (χ4n) is 2.23. The molecule has 6 heteroatoms. The van der Waals surface area contributed by atoms with Gasteiger partial charge in [-0.2, -0.15) is 0 Å². The minimum absolute atomic E-state index is 0. The molecule has 1 atom stereocenters. The van der Waals surface area contributed by atoms with Crippen LogP contribution in [-0.2, 0) is 11.2 Å². The number of nitrogens with one attached hydrogen (secondary N) is 2. The highest BCUT2D eigenvalue weighted by Gasteiger charge is 2.07. The number of aliphatic imine (C=N–C) groups is 1. The van der Waals surface area contributed by atoms with Crippen molar-refractivity contribution in [3.05, 3.63) is 21.9 Å². The maximum Gasteiger partial charge on any atom is 0.191 e. The van der Waals surface area contributed by atoms with Gasteiger partial charge in [0.1, 0.15) is 0 Å². The van der Waals surface area contributed by atoms with Gasteiger partial charge in [-0.3, -0.25) is 4.99 Å². The summed E-state index contributed by atoms with van der Waals surface area (Å²) in [7, 11) is 1.75. The van der Waals surface area contributed by atoms with Gasteiger partial charge in [0.2, 0.25) is 0 Å². The highest BCUT2D eigenvalue weighted by Crippen LogP contribution is 2.16. The van der Waals surface area contributed by atoms with E-state index < -0.39 is 0 Å². The van der Waals surface area contributed by atoms with E-state index in [0.717, 1.165) is 44.9 Å². The predicted octanol–water partition coefficient (Wildman–Crippen LogP) is 3.98. The third kappa shape index (κ3) is 10.9. The van der Waals surface area contributed by atoms with E-state index in [-0.39, 0.29) is 24.0 Å². The second-order valence-corrected chi connectivity index (χ2v) is 6.95. The van der Waals surface area contributed by atoms with Crippen LogP contribution in [-0.4, -0.2) is 38.8 Å². The summed E-state index contributed by atoms with van der Waals surface area (Å²) in [5.41, 5.74) is 0. The van der Waals surface area contributed by atoms with Crippen molar-refractivity contribution >= 4 is 41.3 Å². The molecule has 0 spiro atoms. The van der Waals surface area contributed by atoms with Crippen LogP contribution in [0.15, 0.2) is 17.1 Å². The number of rotatable bonds is 10. The molecule has 1 rings (SSSR count). The highest BCUT2D eigenvalue weighted by molar-refractivity contribution is 14.0. The molecule has 1 aromatic rings. The van der Waals surface area contributed by atoms with E-state index in [1.165, 1.54) is 16.2 Å². The smallest absolute Gasteiger partial charge is 0.191 e. The highest BCUT2D eigenvalue weighted by atomic mass is 127. The molecule has 134 valence electrons. The Balaban J connectivity index is 0.00000484. The summed E-state index contributed by atoms with van der Waals surface area (Å²) in [5, 5.41) is 6.82. The molecule has 0 fully saturated rings. The number of unbranched alkanes of at least 4 members (excludes halogenated alkanes) is 2. The van der Waals surface area contributed by atoms with Crippen molar-refractivity contribution in [2.75, 3.05) is 26.8 Å². The van der Waals surface area contributed by atoms with Gasteiger partial charge in [0.15, 0.2) is 5.96 Å². The minimum atomic E-state index is 0. The number of halogens is 1. The zero-order valence-corrected chi connectivity index (χ0v) is 18.0. The Kier molecular flexibility index (Phi) is 13.8. The summed E-state index contributed by atoms with van der Waals surface area (Å²) in [5.74, 6) is 0.926. The lowest BCUT2D eigenvalue weighted by molar-refractivity contribution is 0.192. The van der Waals surface area contributed by atoms with E-state index in [9.17, 15) is 0 Å². The first-order valence-electron chi connectivity index (χ1n) is 8.24. The second-order valence-electron chi connectivity index (χ2n) is 5.58. The number of aryl methyl sites for hydroxylation is 1. The van der Waals surface area contributed by atoms with Crippen molar-refractivity contribution in [1.29, 1.82) is 0 Å². The van der Waals surface area contributed by atoms with Crippen LogP contribution in [0.5, 0.6) is 0 Å². The monoisotopic (exact) mass is 453 g/mol. The first-order chi connectivity index (χ1) is 10.7. The first-order valence-corrected chi connectivity index (χ1v) is 9.06. The van der Waals surface area contributed by atoms with E-state index in [2.05, 4.69) is 48.5 Å². The van der Waals surface area contributed by atoms with E-state index in [0.29, 0.717) is 6.04 Å². The lowest BCUT2D eigenvalue weighted by Crippen LogP contribution is -2.43. The second kappa shape index (κ2) is 14.0. The summed E-state index contributed by atoms with van der Waals surface area (Å²) in [6.45, 7) is 9.06. The van der Waals surface area contributed by atoms with Crippen molar-refractivity contribution in [1.82, 2.24) is 10.6 Å². The molecule has 0 radical (unpaired) electrons. The molecule has 0 aliphatic rings. The van der Waals surface area contributed by atoms with Gasteiger partial charge in [-0.15, -0.1) is 35.3 Å². The lowest BCUT2D eigenvalue weighted by Gasteiger charge is -2.17. The predicted molar refractivity (Wildman–Crippen MR) is 112 cm³/mol. The largest absolute Gasteiger partial charge is 0.385 e. The average Bonchev–Trinajstić information content (AvgIpc) is 2.87. The number of guanidine groups is 1. The van der Waals surface area contributed by atoms with E-state index >= 15 is 0 Å². The summed E-state index contributed by atoms with van der Waals surface area (Å²) in [6, 6.07) is 4.79. The Morgan fingerprint density at radius 3 is 2.70 bits per heavy atom. The standard InChI is InChI=1S/C17H31N3OS.HI/c1-5-18-17(19-11-7-6-8-12-21-4)20-14(2)13-16-10-9-15(3)22-16;/h9-10,14H,5-8,11-13H2,1-4H3,(H2,18,19,20);1H. The van der Waals surface area contributed by atoms with E-state index in [4.69, 9.17) is 4.74 Å². The van der Waals surface area contributed by atoms with Crippen LogP contribution >= 0.6 is 35.3 Å². The van der Waals surface area contributed by atoms with Crippen LogP contribution < -0.4 is 10.6 Å². The summed E-state index contributed by atoms with van der Waals surface area (Å²) < 4.78 is 5.06. The van der Waals surface area contributed by atoms with Gasteiger partial charge in [0.05, 0.1) is 0 Å². The van der Waals surface area contributed by atoms with Crippen molar-refractivity contribution < 1.29 is 4.74 Å². The lowest BCUT2D eigenvalue weighted by atomic mass is 10.2. The molecular weight excluding hydrogens is 421 g/mol. The molecule has 4 nitrogen and oxygen atoms in total. The van der Waals surface area contributed by atoms with Gasteiger partial charge in [0, 0.05) is 49.0 Å². The summed E-state index contributed by atoms with van der Waals surface area (Å²) in [6.07, 6.45) is 4.43. The summed E-state index contributed by atoms with van der Waals surface area (Å²) >= 11 is 1.87. The summed E-state index contributed by atoms with van der Waals surface area (Å²) in [4.78, 5) is 7.45. The minimum Gasteiger partial charge on any atom is -0.385 e. The molecule has 0 saturated carbocycles. The molecule has 1 aromatic heterocycles. The molecule has 2 N–H and O–H groups in total. The van der Waals surface area contributed by atoms with Crippen LogP contribution in [0, 0.1) is 6.92 Å². The first kappa shape index (κ1) is 22.7. The van der Waals surface area contributed by atoms with Crippen molar-refractivity contribution in [3.63, 3.8) is 0 Å². The third-order valence-corrected chi connectivity index (χ3v) is 4.33. The molecule has 23 heavy (non-hydrogen) atoms. The average molecular weight is 453 g/mol. The molecule has 0 aliphatic heterocycles. The Morgan fingerprint density at radius 1 is 1.30 bits per heavy atom. The van der Waals surface area contributed by atoms with Crippen molar-refractivity contribution in [2.24, 2.45) is 4.99 Å². The van der Waals surface area contributed by atoms with Gasteiger partial charge in [-0.25, -0.2) is 0 Å². The number of hydrogen-bond acceptors (Lipinski definition) is 3. The number of nitrogens with zero attached hydrogens (tertiary/aromatic N) is 1. The topological polar surface area (TPSA) is 45.7 Å². The van der Waals surface area contributed by atoms with Gasteiger partial charge in [0.25, 0.3) is 0 Å². The maximum absolute atomic E-state index is 5.06. The van der Waals surface area contributed by atoms with Crippen LogP contribution in [0.1, 0.15) is 42.9 Å². The Bertz CT molecular complexity index is 437. The molecular formula is C17H32IN3OS. The Morgan fingerprint density at radius 2 is 2.09 bits per heavy atom. The molecule has 0 aromatic carbocycles. The quantitative estimate of drug-likeness (QED) is 0.244. The Hall–Kier alpha value is -0.340. The van der Waals surface area contributed by atoms with Crippen LogP contribution in [0.4, 0.5) is 0 Å². The van der Waals surface area contributed by atoms with E-state index in [1.54, 1.807) is 7.11 Å². The molecule has 0 saturated heterocycles. The molecule has 0 bridgehead atoms. The maximum atomic E-state index is 5.06. The molecule has 0 aliphatic carbocycles. The SMILES string of the molecule is CCNC(=NCCCCCOC)NC(C)Cc1ccc(C)s1.I. The number of methoxy groups -OCH3 is 1. The fraction of sp³-hybridized carbons (Fsp3) is 0.706. The van der Waals surface area contributed by atoms with Crippen molar-refractivity contribution in [3.8, 4) is 0 Å². The van der Waals surface area contributed by atoms with Gasteiger partial charge in [-0.05, 0) is 52.2 Å². The van der Waals surface area contributed by atoms with Crippen LogP contribution in [0.2, 0.25) is 0 Å². The van der Waals surface area contributed by atoms with Gasteiger partial charge in [-0.1, -0.05) is 0 Å². The van der Waals surface area contributed by atoms with Gasteiger partial charge < -0.3 is 15.4 Å². The normalized spacial score (nSPS) is 12.6. The van der Waals surface area contributed by atoms with E-state index in [1.807, 2.05) is 11.3 Å². The molecule has 0 amide bonds.